The van der Waals surface area contributed by atoms with Gasteiger partial charge in [0, 0.05) is 17.5 Å². The van der Waals surface area contributed by atoms with Gasteiger partial charge in [0.15, 0.2) is 0 Å². The predicted octanol–water partition coefficient (Wildman–Crippen LogP) is 4.71. The molecular weight excluding hydrogens is 306 g/mol. The summed E-state index contributed by atoms with van der Waals surface area (Å²) < 4.78 is 1.21. The third kappa shape index (κ3) is 3.67. The van der Waals surface area contributed by atoms with Gasteiger partial charge in [-0.25, -0.2) is 0 Å². The van der Waals surface area contributed by atoms with Crippen LogP contribution in [0.25, 0.3) is 0 Å². The Kier molecular flexibility index (Phi) is 4.98. The Bertz CT molecular complexity index is 507. The molecule has 0 saturated heterocycles. The second kappa shape index (κ2) is 6.50. The van der Waals surface area contributed by atoms with Crippen LogP contribution in [0, 0.1) is 6.92 Å². The largest absolute Gasteiger partial charge is 0.310 e. The summed E-state index contributed by atoms with van der Waals surface area (Å²) in [5, 5.41) is 3.59. The van der Waals surface area contributed by atoms with Crippen LogP contribution in [-0.2, 0) is 6.42 Å². The summed E-state index contributed by atoms with van der Waals surface area (Å²) in [6.07, 6.45) is 1.09. The third-order valence-corrected chi connectivity index (χ3v) is 4.79. The van der Waals surface area contributed by atoms with E-state index in [1.54, 1.807) is 0 Å². The van der Waals surface area contributed by atoms with Crippen molar-refractivity contribution in [3.05, 3.63) is 56.2 Å². The minimum absolute atomic E-state index is 0.412. The van der Waals surface area contributed by atoms with Crippen molar-refractivity contribution in [3.8, 4) is 0 Å². The van der Waals surface area contributed by atoms with Crippen molar-refractivity contribution in [3.63, 3.8) is 0 Å². The molecule has 96 valence electrons. The molecule has 0 saturated carbocycles. The zero-order valence-electron chi connectivity index (χ0n) is 10.7. The zero-order chi connectivity index (χ0) is 13.0. The van der Waals surface area contributed by atoms with Crippen molar-refractivity contribution in [1.29, 1.82) is 0 Å². The smallest absolute Gasteiger partial charge is 0.0701 e. The number of benzene rings is 1. The van der Waals surface area contributed by atoms with Gasteiger partial charge in [0.05, 0.1) is 3.79 Å². The molecule has 1 nitrogen and oxygen atoms in total. The van der Waals surface area contributed by atoms with E-state index in [2.05, 4.69) is 71.5 Å². The lowest BCUT2D eigenvalue weighted by atomic mass is 10.0. The lowest BCUT2D eigenvalue weighted by molar-refractivity contribution is 0.576. The molecule has 0 bridgehead atoms. The van der Waals surface area contributed by atoms with Crippen molar-refractivity contribution >= 4 is 27.3 Å². The average Bonchev–Trinajstić information content (AvgIpc) is 2.75. The van der Waals surface area contributed by atoms with Crippen LogP contribution in [0.15, 0.2) is 40.2 Å². The second-order valence-electron chi connectivity index (χ2n) is 4.49. The molecule has 0 aliphatic rings. The molecule has 0 spiro atoms. The van der Waals surface area contributed by atoms with Gasteiger partial charge in [0.2, 0.25) is 0 Å². The normalized spacial score (nSPS) is 12.6. The maximum atomic E-state index is 3.59. The highest BCUT2D eigenvalue weighted by molar-refractivity contribution is 9.11. The van der Waals surface area contributed by atoms with E-state index in [1.807, 2.05) is 11.3 Å². The van der Waals surface area contributed by atoms with Crippen molar-refractivity contribution in [1.82, 2.24) is 5.32 Å². The summed E-state index contributed by atoms with van der Waals surface area (Å²) in [4.78, 5) is 1.42. The monoisotopic (exact) mass is 323 g/mol. The van der Waals surface area contributed by atoms with E-state index in [1.165, 1.54) is 19.8 Å². The summed E-state index contributed by atoms with van der Waals surface area (Å²) >= 11 is 5.31. The molecule has 1 aromatic heterocycles. The summed E-state index contributed by atoms with van der Waals surface area (Å²) in [6, 6.07) is 13.3. The lowest BCUT2D eigenvalue weighted by Gasteiger charge is -2.16. The molecule has 3 heteroatoms. The molecule has 0 aliphatic carbocycles. The van der Waals surface area contributed by atoms with Gasteiger partial charge in [-0.05, 0) is 59.5 Å². The first kappa shape index (κ1) is 13.8. The highest BCUT2D eigenvalue weighted by Crippen LogP contribution is 2.22. The molecule has 1 N–H and O–H groups in total. The molecule has 2 aromatic rings. The Morgan fingerprint density at radius 2 is 2.00 bits per heavy atom. The minimum atomic E-state index is 0.412. The first-order valence-corrected chi connectivity index (χ1v) is 7.81. The van der Waals surface area contributed by atoms with Gasteiger partial charge < -0.3 is 5.32 Å². The van der Waals surface area contributed by atoms with E-state index in [0.717, 1.165) is 13.0 Å². The second-order valence-corrected chi connectivity index (χ2v) is 7.04. The first-order chi connectivity index (χ1) is 8.66. The molecule has 0 radical (unpaired) electrons. The SMILES string of the molecule is Cc1ccccc1C(C)NCCc1ccc(Br)s1. The topological polar surface area (TPSA) is 12.0 Å². The number of halogens is 1. The van der Waals surface area contributed by atoms with Crippen LogP contribution in [-0.4, -0.2) is 6.54 Å². The molecule has 1 aromatic carbocycles. The van der Waals surface area contributed by atoms with Crippen molar-refractivity contribution in [2.45, 2.75) is 26.3 Å². The lowest BCUT2D eigenvalue weighted by Crippen LogP contribution is -2.21. The van der Waals surface area contributed by atoms with Crippen LogP contribution < -0.4 is 5.32 Å². The molecule has 1 heterocycles. The summed E-state index contributed by atoms with van der Waals surface area (Å²) in [7, 11) is 0. The Balaban J connectivity index is 1.85. The number of aryl methyl sites for hydroxylation is 1. The molecule has 0 aliphatic heterocycles. The number of thiophene rings is 1. The minimum Gasteiger partial charge on any atom is -0.310 e. The molecule has 1 unspecified atom stereocenters. The van der Waals surface area contributed by atoms with Crippen LogP contribution in [0.1, 0.15) is 29.0 Å². The van der Waals surface area contributed by atoms with E-state index in [9.17, 15) is 0 Å². The fraction of sp³-hybridized carbons (Fsp3) is 0.333. The standard InChI is InChI=1S/C15H18BrNS/c1-11-5-3-4-6-14(11)12(2)17-10-9-13-7-8-15(16)18-13/h3-8,12,17H,9-10H2,1-2H3. The number of hydrogen-bond donors (Lipinski definition) is 1. The Hall–Kier alpha value is -0.640. The Morgan fingerprint density at radius 3 is 2.67 bits per heavy atom. The fourth-order valence-corrected chi connectivity index (χ4v) is 3.56. The van der Waals surface area contributed by atoms with E-state index < -0.39 is 0 Å². The van der Waals surface area contributed by atoms with Crippen LogP contribution >= 0.6 is 27.3 Å². The summed E-state index contributed by atoms with van der Waals surface area (Å²) in [6.45, 7) is 5.42. The van der Waals surface area contributed by atoms with Crippen LogP contribution in [0.3, 0.4) is 0 Å². The van der Waals surface area contributed by atoms with Gasteiger partial charge in [0.25, 0.3) is 0 Å². The van der Waals surface area contributed by atoms with Gasteiger partial charge in [-0.3, -0.25) is 0 Å². The van der Waals surface area contributed by atoms with Gasteiger partial charge in [-0.1, -0.05) is 24.3 Å². The van der Waals surface area contributed by atoms with Crippen LogP contribution in [0.2, 0.25) is 0 Å². The fourth-order valence-electron chi connectivity index (χ4n) is 2.08. The van der Waals surface area contributed by atoms with Gasteiger partial charge in [-0.2, -0.15) is 0 Å². The first-order valence-electron chi connectivity index (χ1n) is 6.20. The number of rotatable bonds is 5. The predicted molar refractivity (Wildman–Crippen MR) is 83.3 cm³/mol. The van der Waals surface area contributed by atoms with E-state index >= 15 is 0 Å². The maximum absolute atomic E-state index is 3.59. The molecule has 2 rings (SSSR count). The summed E-state index contributed by atoms with van der Waals surface area (Å²) in [5.41, 5.74) is 2.75. The van der Waals surface area contributed by atoms with Gasteiger partial charge >= 0.3 is 0 Å². The Morgan fingerprint density at radius 1 is 1.22 bits per heavy atom. The number of hydrogen-bond acceptors (Lipinski definition) is 2. The molecule has 0 fully saturated rings. The number of nitrogens with one attached hydrogen (secondary N) is 1. The molecule has 1 atom stereocenters. The molecule has 18 heavy (non-hydrogen) atoms. The van der Waals surface area contributed by atoms with Gasteiger partial charge in [-0.15, -0.1) is 11.3 Å². The highest BCUT2D eigenvalue weighted by Gasteiger charge is 2.07. The Labute approximate surface area is 121 Å². The van der Waals surface area contributed by atoms with E-state index in [-0.39, 0.29) is 0 Å². The van der Waals surface area contributed by atoms with Crippen molar-refractivity contribution in [2.75, 3.05) is 6.54 Å². The quantitative estimate of drug-likeness (QED) is 0.840. The van der Waals surface area contributed by atoms with E-state index in [4.69, 9.17) is 0 Å². The molecular formula is C15H18BrNS. The van der Waals surface area contributed by atoms with Crippen molar-refractivity contribution in [2.24, 2.45) is 0 Å². The third-order valence-electron chi connectivity index (χ3n) is 3.11. The van der Waals surface area contributed by atoms with Crippen LogP contribution in [0.4, 0.5) is 0 Å². The van der Waals surface area contributed by atoms with Crippen LogP contribution in [0.5, 0.6) is 0 Å². The van der Waals surface area contributed by atoms with E-state index in [0.29, 0.717) is 6.04 Å². The maximum Gasteiger partial charge on any atom is 0.0701 e. The van der Waals surface area contributed by atoms with Crippen molar-refractivity contribution < 1.29 is 0 Å². The average molecular weight is 324 g/mol. The highest BCUT2D eigenvalue weighted by atomic mass is 79.9. The zero-order valence-corrected chi connectivity index (χ0v) is 13.1. The molecule has 0 amide bonds. The van der Waals surface area contributed by atoms with Gasteiger partial charge in [0.1, 0.15) is 0 Å². The summed E-state index contributed by atoms with van der Waals surface area (Å²) in [5.74, 6) is 0.